The molecule has 0 radical (unpaired) electrons. The zero-order chi connectivity index (χ0) is 13.5. The summed E-state index contributed by atoms with van der Waals surface area (Å²) in [4.78, 5) is 14.4. The van der Waals surface area contributed by atoms with Crippen LogP contribution in [0.1, 0.15) is 61.1 Å². The molecule has 1 saturated carbocycles. The van der Waals surface area contributed by atoms with Crippen molar-refractivity contribution < 1.29 is 9.53 Å². The van der Waals surface area contributed by atoms with Crippen LogP contribution in [0.5, 0.6) is 0 Å². The van der Waals surface area contributed by atoms with Crippen LogP contribution in [-0.4, -0.2) is 24.1 Å². The average Bonchev–Trinajstić information content (AvgIpc) is 2.85. The number of nitrogens with one attached hydrogen (secondary N) is 2. The molecule has 0 unspecified atom stereocenters. The summed E-state index contributed by atoms with van der Waals surface area (Å²) in [6.07, 6.45) is 9.33. The second-order valence-electron chi connectivity index (χ2n) is 5.31. The van der Waals surface area contributed by atoms with Gasteiger partial charge in [-0.15, -0.1) is 0 Å². The van der Waals surface area contributed by atoms with Crippen LogP contribution in [0.15, 0.2) is 12.1 Å². The van der Waals surface area contributed by atoms with Gasteiger partial charge >= 0.3 is 5.97 Å². The second kappa shape index (κ2) is 7.34. The van der Waals surface area contributed by atoms with Gasteiger partial charge in [0, 0.05) is 18.3 Å². The van der Waals surface area contributed by atoms with Gasteiger partial charge in [-0.3, -0.25) is 0 Å². The lowest BCUT2D eigenvalue weighted by atomic mass is 9.97. The molecule has 4 heteroatoms. The first-order valence-corrected chi connectivity index (χ1v) is 7.29. The number of ether oxygens (including phenoxy) is 1. The zero-order valence-corrected chi connectivity index (χ0v) is 11.7. The van der Waals surface area contributed by atoms with Gasteiger partial charge in [-0.05, 0) is 25.0 Å². The van der Waals surface area contributed by atoms with Crippen molar-refractivity contribution in [2.75, 3.05) is 7.11 Å². The Kier molecular flexibility index (Phi) is 5.45. The van der Waals surface area contributed by atoms with E-state index < -0.39 is 0 Å². The number of hydrogen-bond donors (Lipinski definition) is 2. The summed E-state index contributed by atoms with van der Waals surface area (Å²) in [5.74, 6) is -0.308. The van der Waals surface area contributed by atoms with Crippen LogP contribution >= 0.6 is 0 Å². The summed E-state index contributed by atoms with van der Waals surface area (Å²) in [5.41, 5.74) is 1.57. The summed E-state index contributed by atoms with van der Waals surface area (Å²) in [6, 6.07) is 4.34. The number of carbonyl (C=O) groups excluding carboxylic acids is 1. The minimum Gasteiger partial charge on any atom is -0.464 e. The van der Waals surface area contributed by atoms with Gasteiger partial charge in [-0.25, -0.2) is 4.79 Å². The van der Waals surface area contributed by atoms with Crippen molar-refractivity contribution in [1.82, 2.24) is 10.3 Å². The van der Waals surface area contributed by atoms with Crippen molar-refractivity contribution in [1.29, 1.82) is 0 Å². The molecule has 2 N–H and O–H groups in total. The molecular formula is C15H24N2O2. The largest absolute Gasteiger partial charge is 0.464 e. The standard InChI is InChI=1S/C15H24N2O2/c1-19-15(18)14-10-9-13(17-14)11-16-12-7-5-3-2-4-6-8-12/h9-10,12,16-17H,2-8,11H2,1H3. The number of rotatable bonds is 4. The van der Waals surface area contributed by atoms with E-state index in [1.165, 1.54) is 52.1 Å². The van der Waals surface area contributed by atoms with E-state index >= 15 is 0 Å². The monoisotopic (exact) mass is 264 g/mol. The quantitative estimate of drug-likeness (QED) is 0.822. The van der Waals surface area contributed by atoms with Crippen LogP contribution in [-0.2, 0) is 11.3 Å². The lowest BCUT2D eigenvalue weighted by Crippen LogP contribution is -2.29. The predicted octanol–water partition coefficient (Wildman–Crippen LogP) is 3.00. The third-order valence-corrected chi connectivity index (χ3v) is 3.84. The Balaban J connectivity index is 1.80. The molecule has 0 aliphatic heterocycles. The van der Waals surface area contributed by atoms with Crippen LogP contribution in [0, 0.1) is 0 Å². The molecule has 1 heterocycles. The first-order valence-electron chi connectivity index (χ1n) is 7.29. The summed E-state index contributed by atoms with van der Waals surface area (Å²) >= 11 is 0. The number of esters is 1. The molecule has 4 nitrogen and oxygen atoms in total. The highest BCUT2D eigenvalue weighted by atomic mass is 16.5. The summed E-state index contributed by atoms with van der Waals surface area (Å²) < 4.78 is 4.68. The summed E-state index contributed by atoms with van der Waals surface area (Å²) in [7, 11) is 1.40. The van der Waals surface area contributed by atoms with Gasteiger partial charge in [0.1, 0.15) is 5.69 Å². The summed E-state index contributed by atoms with van der Waals surface area (Å²) in [5, 5.41) is 3.59. The molecule has 0 spiro atoms. The van der Waals surface area contributed by atoms with E-state index in [1.807, 2.05) is 6.07 Å². The molecule has 1 aliphatic rings. The van der Waals surface area contributed by atoms with Gasteiger partial charge in [0.15, 0.2) is 0 Å². The fraction of sp³-hybridized carbons (Fsp3) is 0.667. The van der Waals surface area contributed by atoms with Crippen molar-refractivity contribution in [3.8, 4) is 0 Å². The second-order valence-corrected chi connectivity index (χ2v) is 5.31. The van der Waals surface area contributed by atoms with Crippen LogP contribution in [0.2, 0.25) is 0 Å². The molecule has 1 aliphatic carbocycles. The van der Waals surface area contributed by atoms with E-state index in [2.05, 4.69) is 15.0 Å². The van der Waals surface area contributed by atoms with Crippen molar-refractivity contribution in [3.05, 3.63) is 23.5 Å². The highest BCUT2D eigenvalue weighted by Gasteiger charge is 2.12. The first-order chi connectivity index (χ1) is 9.29. The molecule has 1 fully saturated rings. The molecule has 1 aromatic rings. The average molecular weight is 264 g/mol. The molecular weight excluding hydrogens is 240 g/mol. The molecule has 0 saturated heterocycles. The van der Waals surface area contributed by atoms with E-state index in [0.29, 0.717) is 11.7 Å². The third-order valence-electron chi connectivity index (χ3n) is 3.84. The molecule has 0 aromatic carbocycles. The van der Waals surface area contributed by atoms with Crippen LogP contribution < -0.4 is 5.32 Å². The number of H-pyrrole nitrogens is 1. The zero-order valence-electron chi connectivity index (χ0n) is 11.7. The maximum Gasteiger partial charge on any atom is 0.354 e. The van der Waals surface area contributed by atoms with Gasteiger partial charge in [-0.2, -0.15) is 0 Å². The Hall–Kier alpha value is -1.29. The molecule has 0 atom stereocenters. The topological polar surface area (TPSA) is 54.1 Å². The number of methoxy groups -OCH3 is 1. The van der Waals surface area contributed by atoms with Gasteiger partial charge in [-0.1, -0.05) is 32.1 Å². The van der Waals surface area contributed by atoms with E-state index in [-0.39, 0.29) is 5.97 Å². The number of aromatic amines is 1. The minimum absolute atomic E-state index is 0.308. The van der Waals surface area contributed by atoms with E-state index in [9.17, 15) is 4.79 Å². The molecule has 0 amide bonds. The van der Waals surface area contributed by atoms with E-state index in [4.69, 9.17) is 0 Å². The smallest absolute Gasteiger partial charge is 0.354 e. The Morgan fingerprint density at radius 1 is 1.26 bits per heavy atom. The molecule has 2 rings (SSSR count). The first kappa shape index (κ1) is 14.1. The predicted molar refractivity (Wildman–Crippen MR) is 75.1 cm³/mol. The molecule has 106 valence electrons. The number of carbonyl (C=O) groups is 1. The number of aromatic nitrogens is 1. The van der Waals surface area contributed by atoms with Gasteiger partial charge in [0.05, 0.1) is 7.11 Å². The Labute approximate surface area is 114 Å². The van der Waals surface area contributed by atoms with Crippen LogP contribution in [0.25, 0.3) is 0 Å². The maximum atomic E-state index is 11.3. The highest BCUT2D eigenvalue weighted by molar-refractivity contribution is 5.87. The van der Waals surface area contributed by atoms with Gasteiger partial charge in [0.25, 0.3) is 0 Å². The fourth-order valence-corrected chi connectivity index (χ4v) is 2.69. The molecule has 19 heavy (non-hydrogen) atoms. The lowest BCUT2D eigenvalue weighted by Gasteiger charge is -2.20. The minimum atomic E-state index is -0.308. The Morgan fingerprint density at radius 3 is 2.63 bits per heavy atom. The number of hydrogen-bond acceptors (Lipinski definition) is 3. The summed E-state index contributed by atoms with van der Waals surface area (Å²) in [6.45, 7) is 0.793. The SMILES string of the molecule is COC(=O)c1ccc(CNC2CCCCCCC2)[nH]1. The van der Waals surface area contributed by atoms with Crippen molar-refractivity contribution >= 4 is 5.97 Å². The van der Waals surface area contributed by atoms with Crippen molar-refractivity contribution in [2.45, 2.75) is 57.5 Å². The molecule has 0 bridgehead atoms. The van der Waals surface area contributed by atoms with Crippen LogP contribution in [0.3, 0.4) is 0 Å². The third kappa shape index (κ3) is 4.39. The highest BCUT2D eigenvalue weighted by Crippen LogP contribution is 2.17. The van der Waals surface area contributed by atoms with E-state index in [1.54, 1.807) is 6.07 Å². The lowest BCUT2D eigenvalue weighted by molar-refractivity contribution is 0.0594. The van der Waals surface area contributed by atoms with E-state index in [0.717, 1.165) is 12.2 Å². The van der Waals surface area contributed by atoms with Gasteiger partial charge in [0.2, 0.25) is 0 Å². The maximum absolute atomic E-state index is 11.3. The van der Waals surface area contributed by atoms with Crippen molar-refractivity contribution in [3.63, 3.8) is 0 Å². The Morgan fingerprint density at radius 2 is 1.95 bits per heavy atom. The fourth-order valence-electron chi connectivity index (χ4n) is 2.69. The Bertz CT molecular complexity index is 393. The molecule has 1 aromatic heterocycles. The normalized spacial score (nSPS) is 17.7. The van der Waals surface area contributed by atoms with Gasteiger partial charge < -0.3 is 15.0 Å². The van der Waals surface area contributed by atoms with Crippen LogP contribution in [0.4, 0.5) is 0 Å². The van der Waals surface area contributed by atoms with Crippen molar-refractivity contribution in [2.24, 2.45) is 0 Å².